The molecular weight excluding hydrogens is 330 g/mol. The smallest absolute Gasteiger partial charge is 0.338 e. The highest BCUT2D eigenvalue weighted by atomic mass is 28.3. The second kappa shape index (κ2) is 7.91. The lowest BCUT2D eigenvalue weighted by molar-refractivity contribution is 0.0600. The highest BCUT2D eigenvalue weighted by Gasteiger charge is 2.15. The molecule has 0 saturated heterocycles. The van der Waals surface area contributed by atoms with Crippen molar-refractivity contribution in [2.24, 2.45) is 0 Å². The number of rotatable bonds is 4. The molecule has 0 heterocycles. The molecule has 0 aliphatic heterocycles. The highest BCUT2D eigenvalue weighted by Crippen LogP contribution is 2.28. The van der Waals surface area contributed by atoms with Gasteiger partial charge < -0.3 is 15.2 Å². The fourth-order valence-electron chi connectivity index (χ4n) is 2.08. The van der Waals surface area contributed by atoms with E-state index in [2.05, 4.69) is 31.1 Å². The zero-order valence-corrected chi connectivity index (χ0v) is 16.1. The summed E-state index contributed by atoms with van der Waals surface area (Å²) in [5.74, 6) is 3.10. The van der Waals surface area contributed by atoms with Gasteiger partial charge in [0, 0.05) is 0 Å². The van der Waals surface area contributed by atoms with Gasteiger partial charge >= 0.3 is 5.97 Å². The summed E-state index contributed by atoms with van der Waals surface area (Å²) in [5, 5.41) is 0. The van der Waals surface area contributed by atoms with E-state index in [-0.39, 0.29) is 0 Å². The second-order valence-electron chi connectivity index (χ2n) is 6.70. The highest BCUT2D eigenvalue weighted by molar-refractivity contribution is 6.83. The van der Waals surface area contributed by atoms with Gasteiger partial charge in [0.1, 0.15) is 20.4 Å². The number of ether oxygens (including phenoxy) is 2. The third-order valence-electron chi connectivity index (χ3n) is 3.37. The minimum atomic E-state index is -1.58. The Kier molecular flexibility index (Phi) is 5.89. The SMILES string of the molecule is COC(=O)c1cc(C#C[Si](C)(C)C)c(N)c(OCc2ccccc2)c1. The van der Waals surface area contributed by atoms with Gasteiger partial charge in [-0.25, -0.2) is 4.79 Å². The predicted octanol–water partition coefficient (Wildman–Crippen LogP) is 3.86. The molecule has 0 spiro atoms. The largest absolute Gasteiger partial charge is 0.487 e. The Labute approximate surface area is 150 Å². The quantitative estimate of drug-likeness (QED) is 0.392. The minimum Gasteiger partial charge on any atom is -0.487 e. The molecule has 130 valence electrons. The van der Waals surface area contributed by atoms with Crippen molar-refractivity contribution in [3.05, 3.63) is 59.2 Å². The summed E-state index contributed by atoms with van der Waals surface area (Å²) in [7, 11) is -0.234. The van der Waals surface area contributed by atoms with Crippen LogP contribution in [0, 0.1) is 11.5 Å². The molecule has 0 fully saturated rings. The topological polar surface area (TPSA) is 61.5 Å². The van der Waals surface area contributed by atoms with E-state index in [1.54, 1.807) is 12.1 Å². The van der Waals surface area contributed by atoms with Crippen LogP contribution in [-0.4, -0.2) is 21.2 Å². The third-order valence-corrected chi connectivity index (χ3v) is 4.25. The maximum Gasteiger partial charge on any atom is 0.338 e. The number of nitrogens with two attached hydrogens (primary N) is 1. The van der Waals surface area contributed by atoms with Gasteiger partial charge in [-0.05, 0) is 17.7 Å². The van der Waals surface area contributed by atoms with Crippen LogP contribution in [0.1, 0.15) is 21.5 Å². The van der Waals surface area contributed by atoms with Crippen LogP contribution in [0.2, 0.25) is 19.6 Å². The summed E-state index contributed by atoms with van der Waals surface area (Å²) in [6.07, 6.45) is 0. The molecule has 0 amide bonds. The fraction of sp³-hybridized carbons (Fsp3) is 0.250. The van der Waals surface area contributed by atoms with E-state index in [1.165, 1.54) is 7.11 Å². The number of methoxy groups -OCH3 is 1. The molecule has 4 nitrogen and oxygen atoms in total. The van der Waals surface area contributed by atoms with Crippen molar-refractivity contribution in [2.45, 2.75) is 26.2 Å². The predicted molar refractivity (Wildman–Crippen MR) is 103 cm³/mol. The van der Waals surface area contributed by atoms with Gasteiger partial charge in [0.15, 0.2) is 0 Å². The van der Waals surface area contributed by atoms with Crippen LogP contribution in [0.25, 0.3) is 0 Å². The maximum absolute atomic E-state index is 11.9. The average molecular weight is 353 g/mol. The second-order valence-corrected chi connectivity index (χ2v) is 11.5. The van der Waals surface area contributed by atoms with E-state index in [0.29, 0.717) is 29.2 Å². The number of hydrogen-bond acceptors (Lipinski definition) is 4. The first-order valence-electron chi connectivity index (χ1n) is 8.02. The molecular formula is C20H23NO3Si. The molecule has 0 radical (unpaired) electrons. The third kappa shape index (κ3) is 5.40. The van der Waals surface area contributed by atoms with E-state index in [1.807, 2.05) is 30.3 Å². The zero-order chi connectivity index (χ0) is 18.4. The van der Waals surface area contributed by atoms with Crippen LogP contribution in [-0.2, 0) is 11.3 Å². The molecule has 2 aromatic carbocycles. The summed E-state index contributed by atoms with van der Waals surface area (Å²) in [4.78, 5) is 11.9. The van der Waals surface area contributed by atoms with Crippen molar-refractivity contribution in [1.29, 1.82) is 0 Å². The standard InChI is InChI=1S/C20H23NO3Si/c1-23-20(22)17-12-16(10-11-25(2,3)4)19(21)18(13-17)24-14-15-8-6-5-7-9-15/h5-9,12-13H,14,21H2,1-4H3. The van der Waals surface area contributed by atoms with Gasteiger partial charge in [0.2, 0.25) is 0 Å². The van der Waals surface area contributed by atoms with Gasteiger partial charge in [-0.2, -0.15) is 0 Å². The van der Waals surface area contributed by atoms with Crippen LogP contribution in [0.4, 0.5) is 5.69 Å². The van der Waals surface area contributed by atoms with Gasteiger partial charge in [0.25, 0.3) is 0 Å². The number of anilines is 1. The monoisotopic (exact) mass is 353 g/mol. The summed E-state index contributed by atoms with van der Waals surface area (Å²) < 4.78 is 10.7. The maximum atomic E-state index is 11.9. The first kappa shape index (κ1) is 18.6. The van der Waals surface area contributed by atoms with Gasteiger partial charge in [-0.15, -0.1) is 5.54 Å². The molecule has 25 heavy (non-hydrogen) atoms. The summed E-state index contributed by atoms with van der Waals surface area (Å²) in [6, 6.07) is 13.0. The number of carbonyl (C=O) groups excluding carboxylic acids is 1. The first-order valence-corrected chi connectivity index (χ1v) is 11.5. The van der Waals surface area contributed by atoms with E-state index in [0.717, 1.165) is 5.56 Å². The molecule has 0 atom stereocenters. The Morgan fingerprint density at radius 2 is 1.84 bits per heavy atom. The van der Waals surface area contributed by atoms with Gasteiger partial charge in [-0.1, -0.05) is 55.9 Å². The Morgan fingerprint density at radius 3 is 2.44 bits per heavy atom. The number of carbonyl (C=O) groups is 1. The molecule has 0 saturated carbocycles. The molecule has 2 N–H and O–H groups in total. The van der Waals surface area contributed by atoms with E-state index in [9.17, 15) is 4.79 Å². The Hall–Kier alpha value is -2.71. The van der Waals surface area contributed by atoms with Crippen LogP contribution in [0.15, 0.2) is 42.5 Å². The van der Waals surface area contributed by atoms with Gasteiger partial charge in [-0.3, -0.25) is 0 Å². The van der Waals surface area contributed by atoms with Crippen molar-refractivity contribution < 1.29 is 14.3 Å². The lowest BCUT2D eigenvalue weighted by Gasteiger charge is -2.13. The number of hydrogen-bond donors (Lipinski definition) is 1. The van der Waals surface area contributed by atoms with E-state index in [4.69, 9.17) is 15.2 Å². The zero-order valence-electron chi connectivity index (χ0n) is 15.1. The molecule has 0 aromatic heterocycles. The minimum absolute atomic E-state index is 0.358. The molecule has 2 aromatic rings. The lowest BCUT2D eigenvalue weighted by atomic mass is 10.1. The molecule has 0 unspecified atom stereocenters. The number of nitrogen functional groups attached to an aromatic ring is 1. The first-order chi connectivity index (χ1) is 11.8. The van der Waals surface area contributed by atoms with Crippen LogP contribution >= 0.6 is 0 Å². The Bertz CT molecular complexity index is 815. The van der Waals surface area contributed by atoms with E-state index < -0.39 is 14.0 Å². The Morgan fingerprint density at radius 1 is 1.16 bits per heavy atom. The van der Waals surface area contributed by atoms with Crippen molar-refractivity contribution >= 4 is 19.7 Å². The average Bonchev–Trinajstić information content (AvgIpc) is 2.59. The molecule has 0 bridgehead atoms. The lowest BCUT2D eigenvalue weighted by Crippen LogP contribution is -2.16. The van der Waals surface area contributed by atoms with Gasteiger partial charge in [0.05, 0.1) is 23.9 Å². The molecule has 0 aliphatic carbocycles. The fourth-order valence-corrected chi connectivity index (χ4v) is 2.58. The Balaban J connectivity index is 2.39. The van der Waals surface area contributed by atoms with Crippen molar-refractivity contribution in [2.75, 3.05) is 12.8 Å². The normalized spacial score (nSPS) is 10.6. The van der Waals surface area contributed by atoms with Crippen LogP contribution in [0.5, 0.6) is 5.75 Å². The number of benzene rings is 2. The van der Waals surface area contributed by atoms with Crippen LogP contribution < -0.4 is 10.5 Å². The van der Waals surface area contributed by atoms with Crippen molar-refractivity contribution in [3.8, 4) is 17.2 Å². The molecule has 5 heteroatoms. The van der Waals surface area contributed by atoms with Crippen LogP contribution in [0.3, 0.4) is 0 Å². The molecule has 2 rings (SSSR count). The summed E-state index contributed by atoms with van der Waals surface area (Å²) in [6.45, 7) is 6.80. The van der Waals surface area contributed by atoms with E-state index >= 15 is 0 Å². The summed E-state index contributed by atoms with van der Waals surface area (Å²) in [5.41, 5.74) is 11.9. The summed E-state index contributed by atoms with van der Waals surface area (Å²) >= 11 is 0. The number of esters is 1. The van der Waals surface area contributed by atoms with Crippen molar-refractivity contribution in [1.82, 2.24) is 0 Å². The van der Waals surface area contributed by atoms with Crippen molar-refractivity contribution in [3.63, 3.8) is 0 Å². The molecule has 0 aliphatic rings.